The Labute approximate surface area is 146 Å². The third-order valence-electron chi connectivity index (χ3n) is 3.17. The highest BCUT2D eigenvalue weighted by molar-refractivity contribution is 9.10. The highest BCUT2D eigenvalue weighted by Gasteiger charge is 2.10. The Morgan fingerprint density at radius 1 is 1.26 bits per heavy atom. The molecule has 0 spiro atoms. The molecule has 0 radical (unpaired) electrons. The van der Waals surface area contributed by atoms with Crippen molar-refractivity contribution in [3.63, 3.8) is 0 Å². The molecule has 0 unspecified atom stereocenters. The van der Waals surface area contributed by atoms with Gasteiger partial charge in [-0.3, -0.25) is 4.79 Å². The van der Waals surface area contributed by atoms with Crippen LogP contribution in [0.5, 0.6) is 0 Å². The van der Waals surface area contributed by atoms with Crippen LogP contribution in [0.2, 0.25) is 5.15 Å². The predicted octanol–water partition coefficient (Wildman–Crippen LogP) is 3.99. The lowest BCUT2D eigenvalue weighted by Crippen LogP contribution is -2.16. The van der Waals surface area contributed by atoms with Crippen molar-refractivity contribution < 1.29 is 4.79 Å². The summed E-state index contributed by atoms with van der Waals surface area (Å²) in [6.07, 6.45) is 3.08. The number of hydrogen-bond donors (Lipinski definition) is 1. The van der Waals surface area contributed by atoms with Gasteiger partial charge < -0.3 is 5.32 Å². The van der Waals surface area contributed by atoms with Gasteiger partial charge in [-0.05, 0) is 29.8 Å². The first-order valence-electron chi connectivity index (χ1n) is 6.81. The molecule has 0 aliphatic carbocycles. The lowest BCUT2D eigenvalue weighted by atomic mass is 10.2. The molecule has 0 atom stereocenters. The number of anilines is 1. The van der Waals surface area contributed by atoms with Gasteiger partial charge in [0.1, 0.15) is 11.0 Å². The van der Waals surface area contributed by atoms with E-state index in [2.05, 4.69) is 31.3 Å². The van der Waals surface area contributed by atoms with Crippen molar-refractivity contribution >= 4 is 39.3 Å². The lowest BCUT2D eigenvalue weighted by molar-refractivity contribution is 0.102. The van der Waals surface area contributed by atoms with Crippen LogP contribution in [-0.2, 0) is 6.54 Å². The molecule has 5 nitrogen and oxygen atoms in total. The zero-order valence-electron chi connectivity index (χ0n) is 11.9. The van der Waals surface area contributed by atoms with Crippen molar-refractivity contribution in [1.82, 2.24) is 14.8 Å². The first-order chi connectivity index (χ1) is 11.1. The molecule has 1 amide bonds. The Balaban J connectivity index is 1.75. The number of carbonyl (C=O) groups is 1. The number of aromatic nitrogens is 3. The fourth-order valence-electron chi connectivity index (χ4n) is 2.07. The monoisotopic (exact) mass is 390 g/mol. The Kier molecular flexibility index (Phi) is 4.73. The van der Waals surface area contributed by atoms with Gasteiger partial charge in [0.25, 0.3) is 5.91 Å². The minimum absolute atomic E-state index is 0.259. The van der Waals surface area contributed by atoms with Crippen molar-refractivity contribution in [3.05, 3.63) is 75.6 Å². The van der Waals surface area contributed by atoms with Gasteiger partial charge in [0.05, 0.1) is 18.3 Å². The second-order valence-corrected chi connectivity index (χ2v) is 6.13. The van der Waals surface area contributed by atoms with Crippen LogP contribution in [0.1, 0.15) is 15.9 Å². The first-order valence-corrected chi connectivity index (χ1v) is 7.98. The number of amides is 1. The molecule has 3 rings (SSSR count). The van der Waals surface area contributed by atoms with E-state index in [1.54, 1.807) is 29.1 Å². The third-order valence-corrected chi connectivity index (χ3v) is 3.89. The normalized spacial score (nSPS) is 10.5. The summed E-state index contributed by atoms with van der Waals surface area (Å²) in [5.74, 6) is 0.357. The molecule has 116 valence electrons. The van der Waals surface area contributed by atoms with Crippen LogP contribution in [-0.4, -0.2) is 20.7 Å². The number of carbonyl (C=O) groups excluding carboxylic acids is 1. The summed E-state index contributed by atoms with van der Waals surface area (Å²) >= 11 is 9.17. The van der Waals surface area contributed by atoms with E-state index in [4.69, 9.17) is 11.6 Å². The minimum Gasteiger partial charge on any atom is -0.307 e. The Bertz CT molecular complexity index is 832. The highest BCUT2D eigenvalue weighted by atomic mass is 79.9. The smallest absolute Gasteiger partial charge is 0.258 e. The average molecular weight is 392 g/mol. The van der Waals surface area contributed by atoms with E-state index in [1.807, 2.05) is 24.3 Å². The summed E-state index contributed by atoms with van der Waals surface area (Å²) in [5.41, 5.74) is 1.51. The number of pyridine rings is 1. The molecule has 3 aromatic rings. The van der Waals surface area contributed by atoms with Crippen molar-refractivity contribution in [1.29, 1.82) is 0 Å². The number of benzene rings is 1. The molecule has 0 aliphatic rings. The van der Waals surface area contributed by atoms with Crippen molar-refractivity contribution in [2.24, 2.45) is 0 Å². The molecule has 0 bridgehead atoms. The van der Waals surface area contributed by atoms with Crippen LogP contribution in [0, 0.1) is 0 Å². The largest absolute Gasteiger partial charge is 0.307 e. The van der Waals surface area contributed by atoms with Gasteiger partial charge in [-0.25, -0.2) is 9.67 Å². The SMILES string of the molecule is O=C(Nc1ccnn1Cc1cccc(Br)c1)c1ccc(Cl)nc1. The summed E-state index contributed by atoms with van der Waals surface area (Å²) in [5, 5.41) is 7.43. The van der Waals surface area contributed by atoms with Crippen LogP contribution in [0.25, 0.3) is 0 Å². The van der Waals surface area contributed by atoms with Crippen LogP contribution >= 0.6 is 27.5 Å². The second-order valence-electron chi connectivity index (χ2n) is 4.83. The third kappa shape index (κ3) is 3.97. The topological polar surface area (TPSA) is 59.8 Å². The minimum atomic E-state index is -0.259. The van der Waals surface area contributed by atoms with Gasteiger partial charge in [-0.1, -0.05) is 39.7 Å². The van der Waals surface area contributed by atoms with E-state index in [0.29, 0.717) is 23.1 Å². The van der Waals surface area contributed by atoms with E-state index in [9.17, 15) is 4.79 Å². The molecule has 0 aliphatic heterocycles. The maximum absolute atomic E-state index is 12.2. The standard InChI is InChI=1S/C16H12BrClN4O/c17-13-3-1-2-11(8-13)10-22-15(6-7-20-22)21-16(23)12-4-5-14(18)19-9-12/h1-9H,10H2,(H,21,23). The number of nitrogens with zero attached hydrogens (tertiary/aromatic N) is 3. The maximum atomic E-state index is 12.2. The number of hydrogen-bond acceptors (Lipinski definition) is 3. The van der Waals surface area contributed by atoms with Crippen LogP contribution in [0.3, 0.4) is 0 Å². The van der Waals surface area contributed by atoms with Gasteiger partial charge in [-0.15, -0.1) is 0 Å². The number of halogens is 2. The predicted molar refractivity (Wildman–Crippen MR) is 92.7 cm³/mol. The molecule has 23 heavy (non-hydrogen) atoms. The van der Waals surface area contributed by atoms with E-state index in [1.165, 1.54) is 6.20 Å². The molecule has 2 aromatic heterocycles. The summed E-state index contributed by atoms with van der Waals surface area (Å²) < 4.78 is 2.73. The zero-order valence-corrected chi connectivity index (χ0v) is 14.3. The van der Waals surface area contributed by atoms with Crippen LogP contribution < -0.4 is 5.32 Å². The number of rotatable bonds is 4. The Morgan fingerprint density at radius 2 is 2.13 bits per heavy atom. The maximum Gasteiger partial charge on any atom is 0.258 e. The van der Waals surface area contributed by atoms with Crippen LogP contribution in [0.4, 0.5) is 5.82 Å². The summed E-state index contributed by atoms with van der Waals surface area (Å²) in [6.45, 7) is 0.556. The molecule has 0 fully saturated rings. The first kappa shape index (κ1) is 15.7. The molecular weight excluding hydrogens is 380 g/mol. The van der Waals surface area contributed by atoms with E-state index >= 15 is 0 Å². The zero-order chi connectivity index (χ0) is 16.2. The highest BCUT2D eigenvalue weighted by Crippen LogP contribution is 2.16. The summed E-state index contributed by atoms with van der Waals surface area (Å²) in [7, 11) is 0. The summed E-state index contributed by atoms with van der Waals surface area (Å²) in [6, 6.07) is 12.9. The summed E-state index contributed by atoms with van der Waals surface area (Å²) in [4.78, 5) is 16.1. The lowest BCUT2D eigenvalue weighted by Gasteiger charge is -2.09. The quantitative estimate of drug-likeness (QED) is 0.684. The Hall–Kier alpha value is -2.18. The fraction of sp³-hybridized carbons (Fsp3) is 0.0625. The fourth-order valence-corrected chi connectivity index (χ4v) is 2.63. The van der Waals surface area contributed by atoms with Crippen molar-refractivity contribution in [3.8, 4) is 0 Å². The average Bonchev–Trinajstić information content (AvgIpc) is 2.95. The van der Waals surface area contributed by atoms with Gasteiger partial charge in [-0.2, -0.15) is 5.10 Å². The Morgan fingerprint density at radius 3 is 2.87 bits per heavy atom. The second kappa shape index (κ2) is 6.93. The molecule has 1 N–H and O–H groups in total. The van der Waals surface area contributed by atoms with E-state index in [-0.39, 0.29) is 5.91 Å². The molecule has 0 saturated heterocycles. The van der Waals surface area contributed by atoms with Crippen molar-refractivity contribution in [2.45, 2.75) is 6.54 Å². The van der Waals surface area contributed by atoms with Crippen LogP contribution in [0.15, 0.2) is 59.3 Å². The molecule has 2 heterocycles. The van der Waals surface area contributed by atoms with Gasteiger partial charge >= 0.3 is 0 Å². The van der Waals surface area contributed by atoms with Gasteiger partial charge in [0.15, 0.2) is 0 Å². The molecule has 7 heteroatoms. The van der Waals surface area contributed by atoms with Gasteiger partial charge in [0.2, 0.25) is 0 Å². The molecule has 0 saturated carbocycles. The van der Waals surface area contributed by atoms with E-state index < -0.39 is 0 Å². The molecule has 1 aromatic carbocycles. The number of nitrogens with one attached hydrogen (secondary N) is 1. The van der Waals surface area contributed by atoms with Gasteiger partial charge in [0, 0.05) is 16.7 Å². The van der Waals surface area contributed by atoms with E-state index in [0.717, 1.165) is 10.0 Å². The van der Waals surface area contributed by atoms with Crippen molar-refractivity contribution in [2.75, 3.05) is 5.32 Å². The molecular formula is C16H12BrClN4O.